The molecular weight excluding hydrogens is 238 g/mol. The average molecular weight is 253 g/mol. The number of hydrogen-bond donors (Lipinski definition) is 2. The smallest absolute Gasteiger partial charge is 0.228 e. The van der Waals surface area contributed by atoms with E-state index in [0.717, 1.165) is 11.1 Å². The van der Waals surface area contributed by atoms with Gasteiger partial charge in [0, 0.05) is 0 Å². The normalized spacial score (nSPS) is 9.89. The number of amides is 1. The van der Waals surface area contributed by atoms with Crippen LogP contribution in [-0.2, 0) is 11.2 Å². The van der Waals surface area contributed by atoms with Gasteiger partial charge in [0.25, 0.3) is 0 Å². The third-order valence-corrected chi connectivity index (χ3v) is 2.76. The van der Waals surface area contributed by atoms with Crippen LogP contribution in [0.15, 0.2) is 55.1 Å². The van der Waals surface area contributed by atoms with Gasteiger partial charge in [-0.1, -0.05) is 49.1 Å². The highest BCUT2D eigenvalue weighted by Crippen LogP contribution is 2.21. The number of anilines is 1. The van der Waals surface area contributed by atoms with Crippen LogP contribution in [0.1, 0.15) is 11.1 Å². The zero-order valence-electron chi connectivity index (χ0n) is 10.5. The molecule has 96 valence electrons. The van der Waals surface area contributed by atoms with Crippen molar-refractivity contribution in [3.63, 3.8) is 0 Å². The molecule has 0 aliphatic carbocycles. The van der Waals surface area contributed by atoms with E-state index >= 15 is 0 Å². The predicted octanol–water partition coefficient (Wildman–Crippen LogP) is 3.22. The van der Waals surface area contributed by atoms with Crippen molar-refractivity contribution >= 4 is 17.7 Å². The summed E-state index contributed by atoms with van der Waals surface area (Å²) in [5, 5.41) is 12.2. The predicted molar refractivity (Wildman–Crippen MR) is 77.0 cm³/mol. The van der Waals surface area contributed by atoms with Gasteiger partial charge < -0.3 is 10.4 Å². The molecule has 0 unspecified atom stereocenters. The molecule has 0 spiro atoms. The van der Waals surface area contributed by atoms with Gasteiger partial charge in [0.15, 0.2) is 0 Å². The van der Waals surface area contributed by atoms with Crippen LogP contribution in [0, 0.1) is 0 Å². The maximum absolute atomic E-state index is 11.8. The van der Waals surface area contributed by atoms with Gasteiger partial charge in [0.1, 0.15) is 5.75 Å². The number of rotatable bonds is 4. The number of benzene rings is 2. The lowest BCUT2D eigenvalue weighted by Gasteiger charge is -2.07. The van der Waals surface area contributed by atoms with E-state index in [-0.39, 0.29) is 18.1 Å². The fourth-order valence-electron chi connectivity index (χ4n) is 1.73. The topological polar surface area (TPSA) is 49.3 Å². The summed E-state index contributed by atoms with van der Waals surface area (Å²) in [6.07, 6.45) is 2.03. The summed E-state index contributed by atoms with van der Waals surface area (Å²) in [7, 11) is 0. The minimum absolute atomic E-state index is 0.0675. The van der Waals surface area contributed by atoms with Gasteiger partial charge in [-0.25, -0.2) is 0 Å². The van der Waals surface area contributed by atoms with Crippen molar-refractivity contribution in [2.24, 2.45) is 0 Å². The molecule has 0 aliphatic heterocycles. The van der Waals surface area contributed by atoms with Crippen LogP contribution in [0.25, 0.3) is 6.08 Å². The summed E-state index contributed by atoms with van der Waals surface area (Å²) in [5.74, 6) is -0.0919. The van der Waals surface area contributed by atoms with Crippen molar-refractivity contribution in [1.29, 1.82) is 0 Å². The highest BCUT2D eigenvalue weighted by molar-refractivity contribution is 5.93. The first-order valence-corrected chi connectivity index (χ1v) is 5.98. The molecule has 2 aromatic carbocycles. The Morgan fingerprint density at radius 1 is 1.16 bits per heavy atom. The first-order valence-electron chi connectivity index (χ1n) is 5.98. The molecule has 19 heavy (non-hydrogen) atoms. The number of hydrogen-bond acceptors (Lipinski definition) is 2. The molecule has 0 aliphatic rings. The second-order valence-corrected chi connectivity index (χ2v) is 4.19. The molecule has 0 fully saturated rings. The SMILES string of the molecule is C=Cc1ccc(CC(=O)Nc2ccccc2O)cc1. The van der Waals surface area contributed by atoms with Crippen LogP contribution >= 0.6 is 0 Å². The maximum Gasteiger partial charge on any atom is 0.228 e. The zero-order valence-corrected chi connectivity index (χ0v) is 10.5. The molecule has 3 nitrogen and oxygen atoms in total. The molecule has 1 amide bonds. The number of nitrogens with one attached hydrogen (secondary N) is 1. The standard InChI is InChI=1S/C16H15NO2/c1-2-12-7-9-13(10-8-12)11-16(19)17-14-5-3-4-6-15(14)18/h2-10,18H,1,11H2,(H,17,19). The van der Waals surface area contributed by atoms with Crippen molar-refractivity contribution in [3.8, 4) is 5.75 Å². The Labute approximate surface area is 112 Å². The maximum atomic E-state index is 11.8. The van der Waals surface area contributed by atoms with Gasteiger partial charge in [-0.05, 0) is 23.3 Å². The van der Waals surface area contributed by atoms with Gasteiger partial charge in [-0.15, -0.1) is 0 Å². The third-order valence-electron chi connectivity index (χ3n) is 2.76. The third kappa shape index (κ3) is 3.45. The van der Waals surface area contributed by atoms with Crippen molar-refractivity contribution in [1.82, 2.24) is 0 Å². The Bertz CT molecular complexity index is 588. The van der Waals surface area contributed by atoms with Crippen LogP contribution < -0.4 is 5.32 Å². The molecule has 3 heteroatoms. The highest BCUT2D eigenvalue weighted by atomic mass is 16.3. The fourth-order valence-corrected chi connectivity index (χ4v) is 1.73. The minimum atomic E-state index is -0.159. The lowest BCUT2D eigenvalue weighted by atomic mass is 10.1. The molecule has 0 saturated heterocycles. The molecule has 0 bridgehead atoms. The van der Waals surface area contributed by atoms with Crippen LogP contribution in [-0.4, -0.2) is 11.0 Å². The Hall–Kier alpha value is -2.55. The van der Waals surface area contributed by atoms with E-state index in [1.807, 2.05) is 24.3 Å². The van der Waals surface area contributed by atoms with Crippen molar-refractivity contribution in [2.45, 2.75) is 6.42 Å². The number of aromatic hydroxyl groups is 1. The van der Waals surface area contributed by atoms with E-state index in [1.54, 1.807) is 24.3 Å². The van der Waals surface area contributed by atoms with E-state index in [1.165, 1.54) is 6.07 Å². The van der Waals surface area contributed by atoms with Crippen LogP contribution in [0.3, 0.4) is 0 Å². The van der Waals surface area contributed by atoms with Crippen molar-refractivity contribution in [3.05, 3.63) is 66.2 Å². The number of phenolic OH excluding ortho intramolecular Hbond substituents is 1. The molecule has 0 aromatic heterocycles. The summed E-state index contributed by atoms with van der Waals surface area (Å²) < 4.78 is 0. The van der Waals surface area contributed by atoms with Crippen LogP contribution in [0.4, 0.5) is 5.69 Å². The Morgan fingerprint density at radius 3 is 2.47 bits per heavy atom. The largest absolute Gasteiger partial charge is 0.506 e. The lowest BCUT2D eigenvalue weighted by Crippen LogP contribution is -2.14. The van der Waals surface area contributed by atoms with Crippen molar-refractivity contribution < 1.29 is 9.90 Å². The second-order valence-electron chi connectivity index (χ2n) is 4.19. The zero-order chi connectivity index (χ0) is 13.7. The van der Waals surface area contributed by atoms with Gasteiger partial charge in [0.2, 0.25) is 5.91 Å². The fraction of sp³-hybridized carbons (Fsp3) is 0.0625. The number of para-hydroxylation sites is 2. The quantitative estimate of drug-likeness (QED) is 0.822. The monoisotopic (exact) mass is 253 g/mol. The van der Waals surface area contributed by atoms with E-state index < -0.39 is 0 Å². The van der Waals surface area contributed by atoms with Gasteiger partial charge >= 0.3 is 0 Å². The summed E-state index contributed by atoms with van der Waals surface area (Å²) in [4.78, 5) is 11.8. The second kappa shape index (κ2) is 5.87. The molecule has 2 rings (SSSR count). The molecule has 2 N–H and O–H groups in total. The molecule has 0 atom stereocenters. The molecule has 0 radical (unpaired) electrons. The Balaban J connectivity index is 2.01. The first-order chi connectivity index (χ1) is 9.19. The molecule has 0 heterocycles. The molecule has 2 aromatic rings. The first kappa shape index (κ1) is 12.9. The highest BCUT2D eigenvalue weighted by Gasteiger charge is 2.06. The van der Waals surface area contributed by atoms with E-state index in [0.29, 0.717) is 5.69 Å². The van der Waals surface area contributed by atoms with E-state index in [2.05, 4.69) is 11.9 Å². The van der Waals surface area contributed by atoms with Gasteiger partial charge in [0.05, 0.1) is 12.1 Å². The number of carbonyl (C=O) groups is 1. The number of phenols is 1. The van der Waals surface area contributed by atoms with E-state index in [4.69, 9.17) is 0 Å². The minimum Gasteiger partial charge on any atom is -0.506 e. The lowest BCUT2D eigenvalue weighted by molar-refractivity contribution is -0.115. The van der Waals surface area contributed by atoms with E-state index in [9.17, 15) is 9.90 Å². The summed E-state index contributed by atoms with van der Waals surface area (Å²) in [5.41, 5.74) is 2.36. The summed E-state index contributed by atoms with van der Waals surface area (Å²) in [6.45, 7) is 3.68. The Kier molecular flexibility index (Phi) is 3.98. The molecular formula is C16H15NO2. The molecule has 0 saturated carbocycles. The summed E-state index contributed by atoms with van der Waals surface area (Å²) in [6, 6.07) is 14.3. The average Bonchev–Trinajstić information content (AvgIpc) is 2.42. The number of carbonyl (C=O) groups excluding carboxylic acids is 1. The van der Waals surface area contributed by atoms with Crippen molar-refractivity contribution in [2.75, 3.05) is 5.32 Å². The van der Waals surface area contributed by atoms with Gasteiger partial charge in [-0.3, -0.25) is 4.79 Å². The summed E-state index contributed by atoms with van der Waals surface area (Å²) >= 11 is 0. The van der Waals surface area contributed by atoms with Gasteiger partial charge in [-0.2, -0.15) is 0 Å². The Morgan fingerprint density at radius 2 is 1.84 bits per heavy atom. The van der Waals surface area contributed by atoms with Crippen LogP contribution in [0.2, 0.25) is 0 Å². The van der Waals surface area contributed by atoms with Crippen LogP contribution in [0.5, 0.6) is 5.75 Å².